The average Bonchev–Trinajstić information content (AvgIpc) is 3.04. The van der Waals surface area contributed by atoms with E-state index in [1.807, 2.05) is 30.3 Å². The van der Waals surface area contributed by atoms with E-state index in [4.69, 9.17) is 16.2 Å². The molecule has 2 aromatic carbocycles. The predicted octanol–water partition coefficient (Wildman–Crippen LogP) is 5.49. The molecule has 10 heteroatoms. The maximum atomic E-state index is 12.8. The summed E-state index contributed by atoms with van der Waals surface area (Å²) in [6.07, 6.45) is 14.0. The Hall–Kier alpha value is -4.08. The lowest BCUT2D eigenvalue weighted by molar-refractivity contribution is -0.131. The first-order valence-electron chi connectivity index (χ1n) is 16.9. The number of amides is 4. The first-order chi connectivity index (χ1) is 22.2. The van der Waals surface area contributed by atoms with Gasteiger partial charge in [0.05, 0.1) is 6.61 Å². The van der Waals surface area contributed by atoms with E-state index in [1.165, 1.54) is 51.4 Å². The van der Waals surface area contributed by atoms with E-state index in [0.29, 0.717) is 43.9 Å². The molecule has 0 bridgehead atoms. The summed E-state index contributed by atoms with van der Waals surface area (Å²) in [7, 11) is 0. The number of nitrogens with two attached hydrogens (primary N) is 2. The highest BCUT2D eigenvalue weighted by Crippen LogP contribution is 2.23. The third-order valence-electron chi connectivity index (χ3n) is 7.88. The summed E-state index contributed by atoms with van der Waals surface area (Å²) in [5.74, 6) is -1.25. The number of anilines is 1. The van der Waals surface area contributed by atoms with Crippen LogP contribution in [-0.4, -0.2) is 42.4 Å². The number of hydrogen-bond acceptors (Lipinski definition) is 6. The van der Waals surface area contributed by atoms with Gasteiger partial charge < -0.3 is 32.2 Å². The first kappa shape index (κ1) is 38.1. The molecule has 2 rings (SSSR count). The lowest BCUT2D eigenvalue weighted by Gasteiger charge is -2.34. The molecule has 4 amide bonds. The van der Waals surface area contributed by atoms with Gasteiger partial charge in [-0.25, -0.2) is 0 Å². The van der Waals surface area contributed by atoms with E-state index in [2.05, 4.69) is 22.9 Å². The van der Waals surface area contributed by atoms with Crippen molar-refractivity contribution < 1.29 is 23.9 Å². The quantitative estimate of drug-likeness (QED) is 0.0676. The summed E-state index contributed by atoms with van der Waals surface area (Å²) in [5, 5.41) is 8.81. The summed E-state index contributed by atoms with van der Waals surface area (Å²) in [6, 6.07) is 16.5. The molecule has 0 saturated carbocycles. The van der Waals surface area contributed by atoms with Gasteiger partial charge in [-0.3, -0.25) is 19.2 Å². The summed E-state index contributed by atoms with van der Waals surface area (Å²) in [6.45, 7) is 3.34. The molecule has 7 N–H and O–H groups in total. The van der Waals surface area contributed by atoms with Crippen LogP contribution >= 0.6 is 0 Å². The van der Waals surface area contributed by atoms with Crippen molar-refractivity contribution in [2.45, 2.75) is 115 Å². The van der Waals surface area contributed by atoms with Crippen LogP contribution in [-0.2, 0) is 25.6 Å². The molecule has 0 aliphatic heterocycles. The number of aryl methyl sites for hydroxylation is 1. The highest BCUT2D eigenvalue weighted by molar-refractivity contribution is 5.93. The number of nitrogens with one attached hydrogen (secondary N) is 3. The van der Waals surface area contributed by atoms with Crippen LogP contribution in [0.2, 0.25) is 0 Å². The number of ether oxygens (including phenoxy) is 1. The molecule has 1 unspecified atom stereocenters. The zero-order chi connectivity index (χ0) is 33.5. The van der Waals surface area contributed by atoms with Crippen LogP contribution < -0.4 is 32.2 Å². The van der Waals surface area contributed by atoms with Gasteiger partial charge in [0.2, 0.25) is 17.7 Å². The molecule has 0 heterocycles. The van der Waals surface area contributed by atoms with Gasteiger partial charge in [0.15, 0.2) is 5.66 Å². The molecule has 0 fully saturated rings. The predicted molar refractivity (Wildman–Crippen MR) is 183 cm³/mol. The third-order valence-corrected chi connectivity index (χ3v) is 7.88. The Kier molecular flexibility index (Phi) is 18.6. The summed E-state index contributed by atoms with van der Waals surface area (Å²) >= 11 is 0. The zero-order valence-corrected chi connectivity index (χ0v) is 27.6. The highest BCUT2D eigenvalue weighted by Gasteiger charge is 2.38. The van der Waals surface area contributed by atoms with Crippen molar-refractivity contribution in [3.05, 3.63) is 60.2 Å². The monoisotopic (exact) mass is 637 g/mol. The van der Waals surface area contributed by atoms with E-state index >= 15 is 0 Å². The molecule has 0 aliphatic carbocycles. The number of rotatable bonds is 26. The van der Waals surface area contributed by atoms with E-state index in [-0.39, 0.29) is 25.2 Å². The summed E-state index contributed by atoms with van der Waals surface area (Å²) in [4.78, 5) is 48.8. The van der Waals surface area contributed by atoms with Crippen LogP contribution in [0.3, 0.4) is 0 Å². The molecule has 46 heavy (non-hydrogen) atoms. The number of carbonyl (C=O) groups excluding carboxylic acids is 4. The topological polar surface area (TPSA) is 166 Å². The maximum absolute atomic E-state index is 12.8. The Morgan fingerprint density at radius 2 is 1.35 bits per heavy atom. The van der Waals surface area contributed by atoms with Gasteiger partial charge in [-0.05, 0) is 49.1 Å². The fraction of sp³-hybridized carbons (Fsp3) is 0.556. The van der Waals surface area contributed by atoms with E-state index in [0.717, 1.165) is 18.4 Å². The average molecular weight is 638 g/mol. The van der Waals surface area contributed by atoms with Crippen LogP contribution in [0, 0.1) is 0 Å². The maximum Gasteiger partial charge on any atom is 0.264 e. The van der Waals surface area contributed by atoms with Gasteiger partial charge in [0.25, 0.3) is 5.91 Å². The Morgan fingerprint density at radius 1 is 0.717 bits per heavy atom. The van der Waals surface area contributed by atoms with Crippen LogP contribution in [0.1, 0.15) is 109 Å². The second-order valence-electron chi connectivity index (χ2n) is 11.9. The number of primary amides is 2. The number of carbonyl (C=O) groups is 4. The molecule has 2 aromatic rings. The Balaban J connectivity index is 1.77. The lowest BCUT2D eigenvalue weighted by atomic mass is 9.97. The van der Waals surface area contributed by atoms with Crippen LogP contribution in [0.25, 0.3) is 0 Å². The van der Waals surface area contributed by atoms with Crippen molar-refractivity contribution in [3.8, 4) is 5.75 Å². The molecule has 0 spiro atoms. The van der Waals surface area contributed by atoms with Gasteiger partial charge in [0.1, 0.15) is 5.75 Å². The molecule has 0 radical (unpaired) electrons. The van der Waals surface area contributed by atoms with Crippen molar-refractivity contribution in [1.29, 1.82) is 0 Å². The van der Waals surface area contributed by atoms with E-state index < -0.39 is 23.4 Å². The first-order valence-corrected chi connectivity index (χ1v) is 16.9. The van der Waals surface area contributed by atoms with Crippen LogP contribution in [0.4, 0.5) is 5.69 Å². The molecular weight excluding hydrogens is 582 g/mol. The molecule has 0 aliphatic rings. The van der Waals surface area contributed by atoms with Crippen molar-refractivity contribution in [1.82, 2.24) is 10.6 Å². The standard InChI is InChI=1S/C36H55N5O5/c1-2-3-4-5-6-7-8-9-10-14-27-39-33(43)18-15-28-46-31-21-19-30(20-22-31)40-36(35(38)45,41-34(44)24-23-32(37)42)26-25-29-16-12-11-13-17-29/h11-13,16-17,19-22,40H,2-10,14-15,18,23-28H2,1H3,(H2,37,42)(H2,38,45)(H,39,43)(H,41,44). The molecule has 1 atom stereocenters. The second kappa shape index (κ2) is 22.4. The fourth-order valence-corrected chi connectivity index (χ4v) is 5.15. The van der Waals surface area contributed by atoms with Gasteiger partial charge in [-0.1, -0.05) is 95.0 Å². The number of unbranched alkanes of at least 4 members (excludes halogenated alkanes) is 9. The van der Waals surface area contributed by atoms with Crippen molar-refractivity contribution in [3.63, 3.8) is 0 Å². The third kappa shape index (κ3) is 16.3. The van der Waals surface area contributed by atoms with E-state index in [1.54, 1.807) is 24.3 Å². The molecule has 254 valence electrons. The fourth-order valence-electron chi connectivity index (χ4n) is 5.15. The van der Waals surface area contributed by atoms with E-state index in [9.17, 15) is 19.2 Å². The highest BCUT2D eigenvalue weighted by atomic mass is 16.5. The minimum absolute atomic E-state index is 0.0373. The Labute approximate surface area is 274 Å². The van der Waals surface area contributed by atoms with Crippen molar-refractivity contribution in [2.75, 3.05) is 18.5 Å². The number of benzene rings is 2. The second-order valence-corrected chi connectivity index (χ2v) is 11.9. The SMILES string of the molecule is CCCCCCCCCCCCNC(=O)CCCOc1ccc(NC(CCc2ccccc2)(NC(=O)CCC(N)=O)C(N)=O)cc1. The smallest absolute Gasteiger partial charge is 0.264 e. The molecule has 0 saturated heterocycles. The van der Waals surface area contributed by atoms with Gasteiger partial charge >= 0.3 is 0 Å². The Morgan fingerprint density at radius 3 is 1.96 bits per heavy atom. The lowest BCUT2D eigenvalue weighted by Crippen LogP contribution is -2.63. The summed E-state index contributed by atoms with van der Waals surface area (Å²) in [5.41, 5.74) is 10.9. The van der Waals surface area contributed by atoms with Crippen molar-refractivity contribution >= 4 is 29.3 Å². The minimum atomic E-state index is -1.60. The molecular formula is C36H55N5O5. The van der Waals surface area contributed by atoms with Gasteiger partial charge in [-0.2, -0.15) is 0 Å². The largest absolute Gasteiger partial charge is 0.494 e. The normalized spacial score (nSPS) is 12.1. The van der Waals surface area contributed by atoms with Crippen molar-refractivity contribution in [2.24, 2.45) is 11.5 Å². The van der Waals surface area contributed by atoms with Gasteiger partial charge in [0, 0.05) is 37.9 Å². The van der Waals surface area contributed by atoms with Gasteiger partial charge in [-0.15, -0.1) is 0 Å². The summed E-state index contributed by atoms with van der Waals surface area (Å²) < 4.78 is 5.81. The number of hydrogen-bond donors (Lipinski definition) is 5. The van der Waals surface area contributed by atoms with Crippen LogP contribution in [0.15, 0.2) is 54.6 Å². The molecule has 10 nitrogen and oxygen atoms in total. The zero-order valence-electron chi connectivity index (χ0n) is 27.6. The Bertz CT molecular complexity index is 1180. The minimum Gasteiger partial charge on any atom is -0.494 e. The molecule has 0 aromatic heterocycles. The van der Waals surface area contributed by atoms with Crippen LogP contribution in [0.5, 0.6) is 5.75 Å².